The van der Waals surface area contributed by atoms with Crippen LogP contribution in [0.15, 0.2) is 30.8 Å². The molecule has 0 bridgehead atoms. The number of hydrogen-bond acceptors (Lipinski definition) is 2. The van der Waals surface area contributed by atoms with Gasteiger partial charge in [0.25, 0.3) is 0 Å². The summed E-state index contributed by atoms with van der Waals surface area (Å²) in [6.45, 7) is 8.37. The normalized spacial score (nSPS) is 10.7. The second-order valence-electron chi connectivity index (χ2n) is 4.91. The molecule has 1 heterocycles. The summed E-state index contributed by atoms with van der Waals surface area (Å²) in [6, 6.07) is 7.82. The monoisotopic (exact) mass is 255 g/mol. The molecule has 0 aliphatic heterocycles. The van der Waals surface area contributed by atoms with Gasteiger partial charge < -0.3 is 10.3 Å². The second kappa shape index (κ2) is 5.31. The molecule has 2 rings (SSSR count). The summed E-state index contributed by atoms with van der Waals surface area (Å²) in [4.78, 5) is 4.67. The number of benzene rings is 1. The topological polar surface area (TPSA) is 43.8 Å². The van der Waals surface area contributed by atoms with E-state index in [2.05, 4.69) is 23.1 Å². The first-order valence-corrected chi connectivity index (χ1v) is 6.62. The van der Waals surface area contributed by atoms with E-state index in [1.165, 1.54) is 0 Å². The van der Waals surface area contributed by atoms with Crippen LogP contribution >= 0.6 is 0 Å². The summed E-state index contributed by atoms with van der Waals surface area (Å²) >= 11 is 0. The van der Waals surface area contributed by atoms with Gasteiger partial charge in [-0.25, -0.2) is 4.98 Å². The van der Waals surface area contributed by atoms with Crippen LogP contribution in [0.3, 0.4) is 0 Å². The molecule has 3 heteroatoms. The van der Waals surface area contributed by atoms with Gasteiger partial charge in [-0.2, -0.15) is 0 Å². The molecule has 100 valence electrons. The van der Waals surface area contributed by atoms with Gasteiger partial charge in [0, 0.05) is 18.3 Å². The minimum atomic E-state index is 0.757. The first kappa shape index (κ1) is 13.4. The number of nitrogens with zero attached hydrogens (tertiary/aromatic N) is 2. The van der Waals surface area contributed by atoms with Crippen LogP contribution in [-0.4, -0.2) is 9.55 Å². The van der Waals surface area contributed by atoms with Crippen molar-refractivity contribution in [3.05, 3.63) is 42.2 Å². The standard InChI is InChI=1S/C16H21N3/c1-5-7-11(2)15-12(3)18-16(19(15)4)13-8-6-9-14(17)10-13/h6,8-10H,2,5,7,17H2,1,3-4H3. The Labute approximate surface area is 114 Å². The third-order valence-corrected chi connectivity index (χ3v) is 3.30. The van der Waals surface area contributed by atoms with Crippen molar-refractivity contribution in [1.82, 2.24) is 9.55 Å². The third-order valence-electron chi connectivity index (χ3n) is 3.30. The zero-order valence-electron chi connectivity index (χ0n) is 11.9. The van der Waals surface area contributed by atoms with Crippen LogP contribution < -0.4 is 5.73 Å². The maximum absolute atomic E-state index is 5.84. The van der Waals surface area contributed by atoms with Gasteiger partial charge in [0.1, 0.15) is 5.82 Å². The van der Waals surface area contributed by atoms with E-state index in [9.17, 15) is 0 Å². The summed E-state index contributed by atoms with van der Waals surface area (Å²) in [5.41, 5.74) is 11.0. The van der Waals surface area contributed by atoms with Crippen LogP contribution in [0.2, 0.25) is 0 Å². The van der Waals surface area contributed by atoms with Crippen molar-refractivity contribution < 1.29 is 0 Å². The second-order valence-corrected chi connectivity index (χ2v) is 4.91. The molecule has 0 unspecified atom stereocenters. The zero-order valence-corrected chi connectivity index (χ0v) is 11.9. The van der Waals surface area contributed by atoms with Crippen LogP contribution in [-0.2, 0) is 7.05 Å². The molecule has 19 heavy (non-hydrogen) atoms. The molecule has 0 saturated heterocycles. The van der Waals surface area contributed by atoms with Gasteiger partial charge in [-0.3, -0.25) is 0 Å². The van der Waals surface area contributed by atoms with Gasteiger partial charge in [0.15, 0.2) is 0 Å². The first-order valence-electron chi connectivity index (χ1n) is 6.62. The summed E-state index contributed by atoms with van der Waals surface area (Å²) in [5, 5.41) is 0. The molecule has 0 atom stereocenters. The summed E-state index contributed by atoms with van der Waals surface area (Å²) in [7, 11) is 2.04. The molecule has 1 aromatic heterocycles. The molecule has 0 amide bonds. The van der Waals surface area contributed by atoms with Gasteiger partial charge in [-0.15, -0.1) is 0 Å². The number of imidazole rings is 1. The molecular weight excluding hydrogens is 234 g/mol. The predicted octanol–water partition coefficient (Wildman–Crippen LogP) is 3.79. The molecule has 0 saturated carbocycles. The van der Waals surface area contributed by atoms with Crippen LogP contribution in [0, 0.1) is 6.92 Å². The van der Waals surface area contributed by atoms with E-state index in [-0.39, 0.29) is 0 Å². The van der Waals surface area contributed by atoms with Gasteiger partial charge in [-0.1, -0.05) is 32.1 Å². The number of allylic oxidation sites excluding steroid dienone is 1. The van der Waals surface area contributed by atoms with Crippen LogP contribution in [0.4, 0.5) is 5.69 Å². The van der Waals surface area contributed by atoms with Gasteiger partial charge in [-0.05, 0) is 31.1 Å². The van der Waals surface area contributed by atoms with E-state index in [1.807, 2.05) is 38.2 Å². The minimum absolute atomic E-state index is 0.757. The first-order chi connectivity index (χ1) is 9.04. The fraction of sp³-hybridized carbons (Fsp3) is 0.312. The van der Waals surface area contributed by atoms with Crippen molar-refractivity contribution in [2.24, 2.45) is 7.05 Å². The van der Waals surface area contributed by atoms with E-state index >= 15 is 0 Å². The van der Waals surface area contributed by atoms with Gasteiger partial charge in [0.05, 0.1) is 11.4 Å². The number of aryl methyl sites for hydroxylation is 1. The van der Waals surface area contributed by atoms with Crippen molar-refractivity contribution in [3.8, 4) is 11.4 Å². The van der Waals surface area contributed by atoms with Crippen molar-refractivity contribution in [3.63, 3.8) is 0 Å². The highest BCUT2D eigenvalue weighted by Gasteiger charge is 2.14. The molecule has 3 nitrogen and oxygen atoms in total. The Morgan fingerprint density at radius 3 is 2.79 bits per heavy atom. The molecule has 0 aliphatic rings. The van der Waals surface area contributed by atoms with Crippen LogP contribution in [0.5, 0.6) is 0 Å². The van der Waals surface area contributed by atoms with Gasteiger partial charge in [0.2, 0.25) is 0 Å². The zero-order chi connectivity index (χ0) is 14.0. The maximum atomic E-state index is 5.84. The summed E-state index contributed by atoms with van der Waals surface area (Å²) < 4.78 is 2.11. The van der Waals surface area contributed by atoms with Crippen LogP contribution in [0.1, 0.15) is 31.2 Å². The van der Waals surface area contributed by atoms with Crippen molar-refractivity contribution in [1.29, 1.82) is 0 Å². The summed E-state index contributed by atoms with van der Waals surface area (Å²) in [5.74, 6) is 0.942. The molecule has 0 fully saturated rings. The highest BCUT2D eigenvalue weighted by atomic mass is 15.1. The lowest BCUT2D eigenvalue weighted by Crippen LogP contribution is -1.99. The van der Waals surface area contributed by atoms with Crippen LogP contribution in [0.25, 0.3) is 17.0 Å². The Morgan fingerprint density at radius 2 is 2.16 bits per heavy atom. The largest absolute Gasteiger partial charge is 0.399 e. The Kier molecular flexibility index (Phi) is 3.74. The Morgan fingerprint density at radius 1 is 1.42 bits per heavy atom. The lowest BCUT2D eigenvalue weighted by molar-refractivity contribution is 0.883. The van der Waals surface area contributed by atoms with E-state index in [0.29, 0.717) is 0 Å². The maximum Gasteiger partial charge on any atom is 0.140 e. The van der Waals surface area contributed by atoms with E-state index in [4.69, 9.17) is 5.73 Å². The fourth-order valence-corrected chi connectivity index (χ4v) is 2.48. The number of anilines is 1. The molecule has 0 radical (unpaired) electrons. The van der Waals surface area contributed by atoms with Crippen molar-refractivity contribution >= 4 is 11.3 Å². The SMILES string of the molecule is C=C(CCC)c1c(C)nc(-c2cccc(N)c2)n1C. The summed E-state index contributed by atoms with van der Waals surface area (Å²) in [6.07, 6.45) is 2.09. The minimum Gasteiger partial charge on any atom is -0.399 e. The molecule has 2 N–H and O–H groups in total. The number of nitrogens with two attached hydrogens (primary N) is 1. The highest BCUT2D eigenvalue weighted by Crippen LogP contribution is 2.27. The van der Waals surface area contributed by atoms with E-state index in [0.717, 1.165) is 46.9 Å². The average molecular weight is 255 g/mol. The Bertz CT molecular complexity index is 608. The molecule has 0 aliphatic carbocycles. The Hall–Kier alpha value is -2.03. The predicted molar refractivity (Wildman–Crippen MR) is 81.7 cm³/mol. The molecule has 1 aromatic carbocycles. The third kappa shape index (κ3) is 2.55. The lowest BCUT2D eigenvalue weighted by Gasteiger charge is -2.09. The van der Waals surface area contributed by atoms with Crippen molar-refractivity contribution in [2.75, 3.05) is 5.73 Å². The number of nitrogen functional groups attached to an aromatic ring is 1. The quantitative estimate of drug-likeness (QED) is 0.845. The Balaban J connectivity index is 2.50. The average Bonchev–Trinajstić information content (AvgIpc) is 2.65. The number of hydrogen-bond donors (Lipinski definition) is 1. The fourth-order valence-electron chi connectivity index (χ4n) is 2.48. The van der Waals surface area contributed by atoms with E-state index < -0.39 is 0 Å². The van der Waals surface area contributed by atoms with E-state index in [1.54, 1.807) is 0 Å². The van der Waals surface area contributed by atoms with Crippen molar-refractivity contribution in [2.45, 2.75) is 26.7 Å². The lowest BCUT2D eigenvalue weighted by atomic mass is 10.1. The van der Waals surface area contributed by atoms with Gasteiger partial charge >= 0.3 is 0 Å². The number of aromatic nitrogens is 2. The highest BCUT2D eigenvalue weighted by molar-refractivity contribution is 5.69. The molecular formula is C16H21N3. The smallest absolute Gasteiger partial charge is 0.140 e. The molecule has 2 aromatic rings. The number of rotatable bonds is 4. The molecule has 0 spiro atoms.